The van der Waals surface area contributed by atoms with Crippen LogP contribution in [-0.2, 0) is 23.9 Å². The molecular formula is C11H10N2O5S. The van der Waals surface area contributed by atoms with Gasteiger partial charge in [0.25, 0.3) is 0 Å². The quantitative estimate of drug-likeness (QED) is 0.448. The third-order valence-corrected chi connectivity index (χ3v) is 3.02. The van der Waals surface area contributed by atoms with Crippen molar-refractivity contribution < 1.29 is 22.2 Å². The molecule has 0 radical (unpaired) electrons. The van der Waals surface area contributed by atoms with Crippen molar-refractivity contribution in [2.45, 2.75) is 11.8 Å². The van der Waals surface area contributed by atoms with Crippen LogP contribution in [0.5, 0.6) is 0 Å². The van der Waals surface area contributed by atoms with Crippen LogP contribution < -0.4 is 0 Å². The minimum absolute atomic E-state index is 0.0827. The molecule has 0 aliphatic carbocycles. The van der Waals surface area contributed by atoms with E-state index in [0.29, 0.717) is 6.21 Å². The van der Waals surface area contributed by atoms with Gasteiger partial charge in [-0.05, 0) is 19.1 Å². The number of hydrogen-bond donors (Lipinski definition) is 0. The molecule has 7 nitrogen and oxygen atoms in total. The van der Waals surface area contributed by atoms with Gasteiger partial charge < -0.3 is 4.74 Å². The third-order valence-electron chi connectivity index (χ3n) is 1.89. The SMILES string of the molecule is Cc1ccc(S(=O)(=O)ON=CC(=O)OCC#N)cc1. The zero-order valence-electron chi connectivity index (χ0n) is 9.94. The van der Waals surface area contributed by atoms with Gasteiger partial charge in [0.2, 0.25) is 0 Å². The normalized spacial score (nSPS) is 10.9. The van der Waals surface area contributed by atoms with E-state index in [0.717, 1.165) is 5.56 Å². The first-order valence-electron chi connectivity index (χ1n) is 5.03. The molecule has 0 heterocycles. The van der Waals surface area contributed by atoms with E-state index < -0.39 is 22.7 Å². The van der Waals surface area contributed by atoms with Gasteiger partial charge >= 0.3 is 16.1 Å². The Morgan fingerprint density at radius 2 is 2.05 bits per heavy atom. The minimum atomic E-state index is -4.06. The molecule has 0 saturated heterocycles. The van der Waals surface area contributed by atoms with Crippen LogP contribution in [0.2, 0.25) is 0 Å². The Kier molecular flexibility index (Phi) is 5.02. The summed E-state index contributed by atoms with van der Waals surface area (Å²) in [6, 6.07) is 7.48. The predicted molar refractivity (Wildman–Crippen MR) is 64.5 cm³/mol. The molecule has 1 rings (SSSR count). The monoisotopic (exact) mass is 282 g/mol. The molecule has 100 valence electrons. The van der Waals surface area contributed by atoms with E-state index in [9.17, 15) is 13.2 Å². The van der Waals surface area contributed by atoms with E-state index >= 15 is 0 Å². The zero-order valence-corrected chi connectivity index (χ0v) is 10.8. The first-order valence-corrected chi connectivity index (χ1v) is 6.44. The number of hydrogen-bond acceptors (Lipinski definition) is 7. The molecule has 0 spiro atoms. The van der Waals surface area contributed by atoms with Crippen molar-refractivity contribution >= 4 is 22.3 Å². The van der Waals surface area contributed by atoms with Gasteiger partial charge in [-0.2, -0.15) is 13.7 Å². The fraction of sp³-hybridized carbons (Fsp3) is 0.182. The van der Waals surface area contributed by atoms with Crippen molar-refractivity contribution in [3.05, 3.63) is 29.8 Å². The predicted octanol–water partition coefficient (Wildman–Crippen LogP) is 0.753. The second-order valence-corrected chi connectivity index (χ2v) is 4.87. The molecule has 0 atom stereocenters. The molecular weight excluding hydrogens is 272 g/mol. The Balaban J connectivity index is 2.66. The van der Waals surface area contributed by atoms with Crippen molar-refractivity contribution in [1.29, 1.82) is 5.26 Å². The summed E-state index contributed by atoms with van der Waals surface area (Å²) in [5.41, 5.74) is 0.891. The Morgan fingerprint density at radius 3 is 2.63 bits per heavy atom. The summed E-state index contributed by atoms with van der Waals surface area (Å²) in [6.07, 6.45) is 0.531. The molecule has 0 saturated carbocycles. The highest BCUT2D eigenvalue weighted by atomic mass is 32.2. The number of carbonyl (C=O) groups excluding carboxylic acids is 1. The minimum Gasteiger partial charge on any atom is -0.446 e. The summed E-state index contributed by atoms with van der Waals surface area (Å²) in [5, 5.41) is 11.1. The van der Waals surface area contributed by atoms with E-state index in [1.54, 1.807) is 25.1 Å². The Bertz CT molecular complexity index is 613. The van der Waals surface area contributed by atoms with E-state index in [4.69, 9.17) is 5.26 Å². The molecule has 0 fully saturated rings. The maximum absolute atomic E-state index is 11.6. The summed E-state index contributed by atoms with van der Waals surface area (Å²) < 4.78 is 31.8. The Morgan fingerprint density at radius 1 is 1.42 bits per heavy atom. The van der Waals surface area contributed by atoms with Crippen LogP contribution in [0.3, 0.4) is 0 Å². The van der Waals surface area contributed by atoms with Gasteiger partial charge in [0, 0.05) is 0 Å². The molecule has 19 heavy (non-hydrogen) atoms. The second kappa shape index (κ2) is 6.51. The topological polar surface area (TPSA) is 106 Å². The fourth-order valence-electron chi connectivity index (χ4n) is 1.01. The van der Waals surface area contributed by atoms with Gasteiger partial charge in [0.1, 0.15) is 11.0 Å². The number of nitrogens with zero attached hydrogens (tertiary/aromatic N) is 2. The highest BCUT2D eigenvalue weighted by Gasteiger charge is 2.15. The van der Waals surface area contributed by atoms with Gasteiger partial charge in [-0.3, -0.25) is 4.28 Å². The molecule has 1 aromatic rings. The van der Waals surface area contributed by atoms with Crippen molar-refractivity contribution in [3.63, 3.8) is 0 Å². The highest BCUT2D eigenvalue weighted by molar-refractivity contribution is 7.86. The lowest BCUT2D eigenvalue weighted by Gasteiger charge is -2.01. The van der Waals surface area contributed by atoms with Gasteiger partial charge in [0.15, 0.2) is 12.8 Å². The summed E-state index contributed by atoms with van der Waals surface area (Å²) in [5.74, 6) is -0.972. The number of aryl methyl sites for hydroxylation is 1. The van der Waals surface area contributed by atoms with Crippen LogP contribution in [0, 0.1) is 18.3 Å². The molecule has 0 aliphatic rings. The van der Waals surface area contributed by atoms with E-state index in [1.165, 1.54) is 12.1 Å². The lowest BCUT2D eigenvalue weighted by Crippen LogP contribution is -2.08. The first kappa shape index (κ1) is 14.7. The first-order chi connectivity index (χ1) is 8.95. The van der Waals surface area contributed by atoms with Crippen LogP contribution >= 0.6 is 0 Å². The van der Waals surface area contributed by atoms with E-state index in [2.05, 4.69) is 14.2 Å². The average Bonchev–Trinajstić information content (AvgIpc) is 2.36. The van der Waals surface area contributed by atoms with Gasteiger partial charge in [-0.15, -0.1) is 0 Å². The Hall–Kier alpha value is -2.40. The van der Waals surface area contributed by atoms with Crippen molar-refractivity contribution in [3.8, 4) is 6.07 Å². The molecule has 0 bridgehead atoms. The van der Waals surface area contributed by atoms with Crippen LogP contribution in [0.15, 0.2) is 34.3 Å². The van der Waals surface area contributed by atoms with Crippen LogP contribution in [0.25, 0.3) is 0 Å². The van der Waals surface area contributed by atoms with Gasteiger partial charge in [-0.25, -0.2) is 4.79 Å². The van der Waals surface area contributed by atoms with Gasteiger partial charge in [-0.1, -0.05) is 22.9 Å². The second-order valence-electron chi connectivity index (χ2n) is 3.34. The summed E-state index contributed by atoms with van der Waals surface area (Å²) in [7, 11) is -4.06. The maximum Gasteiger partial charge on any atom is 0.358 e. The molecule has 0 N–H and O–H groups in total. The summed E-state index contributed by atoms with van der Waals surface area (Å²) in [6.45, 7) is 1.36. The zero-order chi connectivity index (χ0) is 14.3. The van der Waals surface area contributed by atoms with Crippen molar-refractivity contribution in [2.24, 2.45) is 5.16 Å². The number of carbonyl (C=O) groups is 1. The third kappa shape index (κ3) is 4.77. The Labute approximate surface area is 110 Å². The molecule has 0 unspecified atom stereocenters. The standard InChI is InChI=1S/C11H10N2O5S/c1-9-2-4-10(5-3-9)19(15,16)18-13-8-11(14)17-7-6-12/h2-5,8H,7H2,1H3. The smallest absolute Gasteiger partial charge is 0.358 e. The molecule has 0 aliphatic heterocycles. The fourth-order valence-corrected chi connectivity index (χ4v) is 1.72. The highest BCUT2D eigenvalue weighted by Crippen LogP contribution is 2.13. The number of rotatable bonds is 5. The molecule has 8 heteroatoms. The molecule has 0 amide bonds. The number of benzene rings is 1. The van der Waals surface area contributed by atoms with Gasteiger partial charge in [0.05, 0.1) is 0 Å². The van der Waals surface area contributed by atoms with Crippen molar-refractivity contribution in [1.82, 2.24) is 0 Å². The lowest BCUT2D eigenvalue weighted by molar-refractivity contribution is -0.133. The molecule has 0 aromatic heterocycles. The van der Waals surface area contributed by atoms with Crippen LogP contribution in [0.1, 0.15) is 5.56 Å². The number of oxime groups is 1. The summed E-state index contributed by atoms with van der Waals surface area (Å²) in [4.78, 5) is 10.8. The van der Waals surface area contributed by atoms with E-state index in [1.807, 2.05) is 0 Å². The number of nitriles is 1. The van der Waals surface area contributed by atoms with E-state index in [-0.39, 0.29) is 4.90 Å². The summed E-state index contributed by atoms with van der Waals surface area (Å²) >= 11 is 0. The number of ether oxygens (including phenoxy) is 1. The van der Waals surface area contributed by atoms with Crippen molar-refractivity contribution in [2.75, 3.05) is 6.61 Å². The largest absolute Gasteiger partial charge is 0.446 e. The van der Waals surface area contributed by atoms with Crippen LogP contribution in [-0.4, -0.2) is 27.2 Å². The number of esters is 1. The van der Waals surface area contributed by atoms with Crippen LogP contribution in [0.4, 0.5) is 0 Å². The molecule has 1 aromatic carbocycles. The average molecular weight is 282 g/mol. The lowest BCUT2D eigenvalue weighted by atomic mass is 10.2. The maximum atomic E-state index is 11.6.